The fourth-order valence-corrected chi connectivity index (χ4v) is 3.55. The lowest BCUT2D eigenvalue weighted by Crippen LogP contribution is -2.15. The quantitative estimate of drug-likeness (QED) is 0.898. The van der Waals surface area contributed by atoms with Crippen molar-refractivity contribution in [3.63, 3.8) is 0 Å². The van der Waals surface area contributed by atoms with Crippen LogP contribution in [0.4, 0.5) is 5.69 Å². The Bertz CT molecular complexity index is 831. The van der Waals surface area contributed by atoms with E-state index in [4.69, 9.17) is 17.3 Å². The van der Waals surface area contributed by atoms with Crippen LogP contribution in [0.1, 0.15) is 21.5 Å². The van der Waals surface area contributed by atoms with Crippen molar-refractivity contribution in [3.8, 4) is 0 Å². The van der Waals surface area contributed by atoms with Crippen molar-refractivity contribution >= 4 is 33.2 Å². The summed E-state index contributed by atoms with van der Waals surface area (Å²) >= 11 is 5.98. The van der Waals surface area contributed by atoms with Gasteiger partial charge >= 0.3 is 0 Å². The summed E-state index contributed by atoms with van der Waals surface area (Å²) < 4.78 is 27.4. The largest absolute Gasteiger partial charge is 0.366 e. The van der Waals surface area contributed by atoms with E-state index in [1.165, 1.54) is 30.3 Å². The number of carbonyl (C=O) groups is 1. The molecule has 0 spiro atoms. The fraction of sp³-hybridized carbons (Fsp3) is 0.133. The molecule has 0 aliphatic rings. The van der Waals surface area contributed by atoms with Gasteiger partial charge in [-0.3, -0.25) is 9.52 Å². The maximum atomic E-state index is 12.5. The molecule has 3 N–H and O–H groups in total. The molecule has 0 unspecified atom stereocenters. The fourth-order valence-electron chi connectivity index (χ4n) is 1.96. The monoisotopic (exact) mass is 338 g/mol. The predicted octanol–water partition coefficient (Wildman–Crippen LogP) is 2.86. The lowest BCUT2D eigenvalue weighted by atomic mass is 10.2. The minimum absolute atomic E-state index is 0.161. The number of nitrogens with two attached hydrogens (primary N) is 1. The topological polar surface area (TPSA) is 89.3 Å². The second-order valence-electron chi connectivity index (χ2n) is 4.91. The number of rotatable bonds is 4. The summed E-state index contributed by atoms with van der Waals surface area (Å²) in [6, 6.07) is 9.02. The van der Waals surface area contributed by atoms with Gasteiger partial charge in [-0.05, 0) is 61.4 Å². The maximum absolute atomic E-state index is 12.5. The van der Waals surface area contributed by atoms with Crippen molar-refractivity contribution in [3.05, 3.63) is 58.1 Å². The van der Waals surface area contributed by atoms with Gasteiger partial charge in [-0.2, -0.15) is 0 Å². The molecule has 0 atom stereocenters. The number of sulfonamides is 1. The van der Waals surface area contributed by atoms with Gasteiger partial charge in [-0.25, -0.2) is 8.42 Å². The molecule has 0 saturated heterocycles. The Labute approximate surface area is 134 Å². The van der Waals surface area contributed by atoms with E-state index in [2.05, 4.69) is 4.72 Å². The number of hydrogen-bond donors (Lipinski definition) is 2. The number of benzene rings is 2. The Morgan fingerprint density at radius 3 is 2.23 bits per heavy atom. The third kappa shape index (κ3) is 3.40. The molecule has 0 aromatic heterocycles. The van der Waals surface area contributed by atoms with Crippen LogP contribution in [-0.2, 0) is 10.0 Å². The third-order valence-corrected chi connectivity index (χ3v) is 5.10. The Hall–Kier alpha value is -2.05. The van der Waals surface area contributed by atoms with Crippen LogP contribution in [0, 0.1) is 13.8 Å². The summed E-state index contributed by atoms with van der Waals surface area (Å²) in [7, 11) is -3.74. The van der Waals surface area contributed by atoms with Crippen molar-refractivity contribution in [2.24, 2.45) is 5.73 Å². The number of primary amides is 1. The van der Waals surface area contributed by atoms with E-state index in [9.17, 15) is 13.2 Å². The van der Waals surface area contributed by atoms with Crippen LogP contribution in [0.25, 0.3) is 0 Å². The van der Waals surface area contributed by atoms with Gasteiger partial charge < -0.3 is 5.73 Å². The van der Waals surface area contributed by atoms with Crippen molar-refractivity contribution in [1.82, 2.24) is 0 Å². The molecular weight excluding hydrogens is 324 g/mol. The van der Waals surface area contributed by atoms with E-state index in [0.29, 0.717) is 27.4 Å². The molecular formula is C15H15ClN2O3S. The number of carbonyl (C=O) groups excluding carboxylic acids is 1. The smallest absolute Gasteiger partial charge is 0.262 e. The summed E-state index contributed by atoms with van der Waals surface area (Å²) in [5.41, 5.74) is 7.02. The number of amides is 1. The van der Waals surface area contributed by atoms with Gasteiger partial charge in [0.05, 0.1) is 4.90 Å². The van der Waals surface area contributed by atoms with Crippen molar-refractivity contribution in [1.29, 1.82) is 0 Å². The summed E-state index contributed by atoms with van der Waals surface area (Å²) in [4.78, 5) is 11.2. The number of aryl methyl sites for hydroxylation is 2. The standard InChI is InChI=1S/C15H15ClN2O3S/c1-9-8-14(10(2)7-13(9)16)22(20,21)18-12-5-3-11(4-6-12)15(17)19/h3-8,18H,1-2H3,(H2,17,19). The molecule has 0 aliphatic heterocycles. The van der Waals surface area contributed by atoms with E-state index >= 15 is 0 Å². The number of hydrogen-bond acceptors (Lipinski definition) is 3. The first-order valence-corrected chi connectivity index (χ1v) is 8.26. The first-order chi connectivity index (χ1) is 10.2. The van der Waals surface area contributed by atoms with Crippen LogP contribution in [0.2, 0.25) is 5.02 Å². The average Bonchev–Trinajstić information content (AvgIpc) is 2.42. The molecule has 0 bridgehead atoms. The lowest BCUT2D eigenvalue weighted by Gasteiger charge is -2.12. The van der Waals surface area contributed by atoms with E-state index < -0.39 is 15.9 Å². The zero-order valence-corrected chi connectivity index (χ0v) is 13.6. The number of nitrogens with one attached hydrogen (secondary N) is 1. The van der Waals surface area contributed by atoms with Gasteiger partial charge in [0.1, 0.15) is 0 Å². The predicted molar refractivity (Wildman–Crippen MR) is 86.7 cm³/mol. The molecule has 0 saturated carbocycles. The van der Waals surface area contributed by atoms with E-state index in [-0.39, 0.29) is 4.90 Å². The summed E-state index contributed by atoms with van der Waals surface area (Å²) in [6.07, 6.45) is 0. The number of anilines is 1. The minimum atomic E-state index is -3.74. The summed E-state index contributed by atoms with van der Waals surface area (Å²) in [6.45, 7) is 3.42. The van der Waals surface area contributed by atoms with Crippen molar-refractivity contribution < 1.29 is 13.2 Å². The van der Waals surface area contributed by atoms with Crippen LogP contribution >= 0.6 is 11.6 Å². The Morgan fingerprint density at radius 2 is 1.68 bits per heavy atom. The molecule has 1 amide bonds. The Morgan fingerprint density at radius 1 is 1.09 bits per heavy atom. The van der Waals surface area contributed by atoms with Crippen LogP contribution < -0.4 is 10.5 Å². The van der Waals surface area contributed by atoms with Gasteiger partial charge in [0, 0.05) is 16.3 Å². The molecule has 0 heterocycles. The van der Waals surface area contributed by atoms with Gasteiger partial charge in [0.15, 0.2) is 0 Å². The molecule has 0 radical (unpaired) electrons. The van der Waals surface area contributed by atoms with Crippen molar-refractivity contribution in [2.45, 2.75) is 18.7 Å². The van der Waals surface area contributed by atoms with Gasteiger partial charge in [-0.15, -0.1) is 0 Å². The number of halogens is 1. The zero-order valence-electron chi connectivity index (χ0n) is 12.1. The highest BCUT2D eigenvalue weighted by Crippen LogP contribution is 2.25. The molecule has 116 valence electrons. The first-order valence-electron chi connectivity index (χ1n) is 6.40. The molecule has 2 rings (SSSR count). The Balaban J connectivity index is 2.35. The molecule has 0 aliphatic carbocycles. The maximum Gasteiger partial charge on any atom is 0.262 e. The highest BCUT2D eigenvalue weighted by atomic mass is 35.5. The SMILES string of the molecule is Cc1cc(S(=O)(=O)Nc2ccc(C(N)=O)cc2)c(C)cc1Cl. The molecule has 0 fully saturated rings. The lowest BCUT2D eigenvalue weighted by molar-refractivity contribution is 0.100. The van der Waals surface area contributed by atoms with Gasteiger partial charge in [0.25, 0.3) is 10.0 Å². The van der Waals surface area contributed by atoms with Crippen LogP contribution in [-0.4, -0.2) is 14.3 Å². The van der Waals surface area contributed by atoms with Crippen LogP contribution in [0.3, 0.4) is 0 Å². The minimum Gasteiger partial charge on any atom is -0.366 e. The Kier molecular flexibility index (Phi) is 4.44. The molecule has 22 heavy (non-hydrogen) atoms. The molecule has 5 nitrogen and oxygen atoms in total. The van der Waals surface area contributed by atoms with Gasteiger partial charge in [0.2, 0.25) is 5.91 Å². The van der Waals surface area contributed by atoms with Crippen molar-refractivity contribution in [2.75, 3.05) is 4.72 Å². The van der Waals surface area contributed by atoms with Crippen LogP contribution in [0.15, 0.2) is 41.3 Å². The zero-order chi connectivity index (χ0) is 16.5. The van der Waals surface area contributed by atoms with Gasteiger partial charge in [-0.1, -0.05) is 11.6 Å². The normalized spacial score (nSPS) is 11.2. The highest BCUT2D eigenvalue weighted by Gasteiger charge is 2.18. The van der Waals surface area contributed by atoms with Crippen LogP contribution in [0.5, 0.6) is 0 Å². The second kappa shape index (κ2) is 5.98. The first kappa shape index (κ1) is 16.3. The molecule has 2 aromatic rings. The third-order valence-electron chi connectivity index (χ3n) is 3.17. The molecule has 7 heteroatoms. The molecule has 2 aromatic carbocycles. The highest BCUT2D eigenvalue weighted by molar-refractivity contribution is 7.92. The van der Waals surface area contributed by atoms with E-state index in [1.54, 1.807) is 19.9 Å². The summed E-state index contributed by atoms with van der Waals surface area (Å²) in [5.74, 6) is -0.571. The summed E-state index contributed by atoms with van der Waals surface area (Å²) in [5, 5.41) is 0.516. The van der Waals surface area contributed by atoms with E-state index in [1.807, 2.05) is 0 Å². The van der Waals surface area contributed by atoms with E-state index in [0.717, 1.165) is 0 Å². The average molecular weight is 339 g/mol. The second-order valence-corrected chi connectivity index (χ2v) is 6.97.